The highest BCUT2D eigenvalue weighted by atomic mass is 16.4. The molecule has 0 heterocycles. The summed E-state index contributed by atoms with van der Waals surface area (Å²) in [4.78, 5) is 22.6. The minimum absolute atomic E-state index is 0.133. The first-order chi connectivity index (χ1) is 8.49. The van der Waals surface area contributed by atoms with Gasteiger partial charge in [-0.05, 0) is 37.1 Å². The Labute approximate surface area is 106 Å². The average molecular weight is 250 g/mol. The maximum absolute atomic E-state index is 11.8. The van der Waals surface area contributed by atoms with E-state index in [1.165, 1.54) is 12.1 Å². The zero-order valence-electron chi connectivity index (χ0n) is 10.6. The molecule has 98 valence electrons. The number of nitrogens with two attached hydrogens (primary N) is 1. The number of aromatic carboxylic acids is 1. The first-order valence-corrected chi connectivity index (χ1v) is 5.84. The molecule has 5 heteroatoms. The lowest BCUT2D eigenvalue weighted by atomic mass is 10.0. The molecule has 0 spiro atoms. The van der Waals surface area contributed by atoms with E-state index in [2.05, 4.69) is 5.32 Å². The van der Waals surface area contributed by atoms with Crippen molar-refractivity contribution in [3.63, 3.8) is 0 Å². The normalized spacial score (nSPS) is 11.9. The molecular formula is C13H18N2O3. The van der Waals surface area contributed by atoms with Crippen LogP contribution in [0.15, 0.2) is 18.2 Å². The number of anilines is 1. The number of carboxylic acid groups (broad SMARTS) is 1. The highest BCUT2D eigenvalue weighted by molar-refractivity contribution is 5.94. The number of hydrogen-bond donors (Lipinski definition) is 3. The van der Waals surface area contributed by atoms with E-state index in [1.807, 2.05) is 6.92 Å². The molecule has 1 unspecified atom stereocenters. The van der Waals surface area contributed by atoms with E-state index in [4.69, 9.17) is 10.8 Å². The summed E-state index contributed by atoms with van der Waals surface area (Å²) >= 11 is 0. The molecule has 18 heavy (non-hydrogen) atoms. The second-order valence-corrected chi connectivity index (χ2v) is 4.16. The van der Waals surface area contributed by atoms with Gasteiger partial charge in [-0.3, -0.25) is 4.79 Å². The number of carbonyl (C=O) groups is 2. The summed E-state index contributed by atoms with van der Waals surface area (Å²) in [5.74, 6) is -1.33. The minimum Gasteiger partial charge on any atom is -0.478 e. The van der Waals surface area contributed by atoms with Crippen LogP contribution in [0, 0.1) is 12.8 Å². The average Bonchev–Trinajstić information content (AvgIpc) is 2.33. The van der Waals surface area contributed by atoms with E-state index < -0.39 is 5.97 Å². The minimum atomic E-state index is -0.982. The molecule has 0 aromatic heterocycles. The van der Waals surface area contributed by atoms with E-state index in [-0.39, 0.29) is 17.4 Å². The number of nitrogens with one attached hydrogen (secondary N) is 1. The maximum Gasteiger partial charge on any atom is 0.335 e. The van der Waals surface area contributed by atoms with Crippen LogP contribution in [0.5, 0.6) is 0 Å². The second-order valence-electron chi connectivity index (χ2n) is 4.16. The smallest absolute Gasteiger partial charge is 0.335 e. The predicted molar refractivity (Wildman–Crippen MR) is 69.6 cm³/mol. The van der Waals surface area contributed by atoms with Gasteiger partial charge >= 0.3 is 5.97 Å². The Morgan fingerprint density at radius 3 is 2.56 bits per heavy atom. The summed E-state index contributed by atoms with van der Waals surface area (Å²) in [5.41, 5.74) is 7.05. The van der Waals surface area contributed by atoms with Crippen LogP contribution in [0.25, 0.3) is 0 Å². The van der Waals surface area contributed by atoms with E-state index in [0.717, 1.165) is 5.56 Å². The molecule has 0 aliphatic carbocycles. The van der Waals surface area contributed by atoms with Crippen LogP contribution in [-0.2, 0) is 4.79 Å². The zero-order valence-corrected chi connectivity index (χ0v) is 10.6. The molecule has 1 aromatic rings. The van der Waals surface area contributed by atoms with Crippen LogP contribution in [0.3, 0.4) is 0 Å². The lowest BCUT2D eigenvalue weighted by molar-refractivity contribution is -0.119. The van der Waals surface area contributed by atoms with Crippen LogP contribution >= 0.6 is 0 Å². The highest BCUT2D eigenvalue weighted by Crippen LogP contribution is 2.18. The zero-order chi connectivity index (χ0) is 13.7. The Morgan fingerprint density at radius 1 is 1.44 bits per heavy atom. The van der Waals surface area contributed by atoms with E-state index in [1.54, 1.807) is 13.0 Å². The Morgan fingerprint density at radius 2 is 2.11 bits per heavy atom. The third-order valence-corrected chi connectivity index (χ3v) is 2.88. The lowest BCUT2D eigenvalue weighted by Crippen LogP contribution is -2.28. The summed E-state index contributed by atoms with van der Waals surface area (Å²) in [6.07, 6.45) is 0.675. The molecule has 1 amide bonds. The third-order valence-electron chi connectivity index (χ3n) is 2.88. The Balaban J connectivity index is 2.86. The van der Waals surface area contributed by atoms with Crippen molar-refractivity contribution >= 4 is 17.6 Å². The quantitative estimate of drug-likeness (QED) is 0.740. The molecule has 4 N–H and O–H groups in total. The fraction of sp³-hybridized carbons (Fsp3) is 0.385. The number of carbonyl (C=O) groups excluding carboxylic acids is 1. The van der Waals surface area contributed by atoms with E-state index in [0.29, 0.717) is 18.7 Å². The Hall–Kier alpha value is -1.88. The SMILES string of the molecule is CCC(CN)C(=O)Nc1ccc(C(=O)O)cc1C. The van der Waals surface area contributed by atoms with Crippen molar-refractivity contribution in [1.29, 1.82) is 0 Å². The number of amides is 1. The van der Waals surface area contributed by atoms with Crippen LogP contribution in [0.1, 0.15) is 29.3 Å². The van der Waals surface area contributed by atoms with Crippen molar-refractivity contribution in [2.24, 2.45) is 11.7 Å². The fourth-order valence-corrected chi connectivity index (χ4v) is 1.63. The lowest BCUT2D eigenvalue weighted by Gasteiger charge is -2.14. The molecular weight excluding hydrogens is 232 g/mol. The molecule has 0 bridgehead atoms. The molecule has 0 radical (unpaired) electrons. The molecule has 1 atom stereocenters. The topological polar surface area (TPSA) is 92.4 Å². The fourth-order valence-electron chi connectivity index (χ4n) is 1.63. The number of carboxylic acids is 1. The standard InChI is InChI=1S/C13H18N2O3/c1-3-9(7-14)12(16)15-11-5-4-10(13(17)18)6-8(11)2/h4-6,9H,3,7,14H2,1-2H3,(H,15,16)(H,17,18). The highest BCUT2D eigenvalue weighted by Gasteiger charge is 2.15. The van der Waals surface area contributed by atoms with E-state index >= 15 is 0 Å². The monoisotopic (exact) mass is 250 g/mol. The predicted octanol–water partition coefficient (Wildman–Crippen LogP) is 1.62. The van der Waals surface area contributed by atoms with Gasteiger partial charge in [-0.2, -0.15) is 0 Å². The molecule has 0 aliphatic rings. The maximum atomic E-state index is 11.8. The van der Waals surface area contributed by atoms with Crippen LogP contribution in [0.4, 0.5) is 5.69 Å². The molecule has 0 saturated heterocycles. The number of rotatable bonds is 5. The molecule has 1 aromatic carbocycles. The number of benzene rings is 1. The first-order valence-electron chi connectivity index (χ1n) is 5.84. The summed E-state index contributed by atoms with van der Waals surface area (Å²) in [7, 11) is 0. The van der Waals surface area contributed by atoms with Gasteiger partial charge in [0.05, 0.1) is 11.5 Å². The summed E-state index contributed by atoms with van der Waals surface area (Å²) in [6, 6.07) is 4.59. The summed E-state index contributed by atoms with van der Waals surface area (Å²) < 4.78 is 0. The van der Waals surface area contributed by atoms with Crippen LogP contribution < -0.4 is 11.1 Å². The largest absolute Gasteiger partial charge is 0.478 e. The Kier molecular flexibility index (Phi) is 4.85. The van der Waals surface area contributed by atoms with Gasteiger partial charge in [0, 0.05) is 12.2 Å². The molecule has 5 nitrogen and oxygen atoms in total. The van der Waals surface area contributed by atoms with Gasteiger partial charge < -0.3 is 16.2 Å². The van der Waals surface area contributed by atoms with Crippen LogP contribution in [-0.4, -0.2) is 23.5 Å². The van der Waals surface area contributed by atoms with Gasteiger partial charge in [0.15, 0.2) is 0 Å². The van der Waals surface area contributed by atoms with Gasteiger partial charge in [-0.15, -0.1) is 0 Å². The Bertz CT molecular complexity index is 454. The molecule has 0 saturated carbocycles. The number of aryl methyl sites for hydroxylation is 1. The summed E-state index contributed by atoms with van der Waals surface area (Å²) in [6.45, 7) is 3.96. The first kappa shape index (κ1) is 14.2. The van der Waals surface area contributed by atoms with Gasteiger partial charge in [0.2, 0.25) is 5.91 Å². The van der Waals surface area contributed by atoms with Crippen molar-refractivity contribution in [2.75, 3.05) is 11.9 Å². The number of hydrogen-bond acceptors (Lipinski definition) is 3. The van der Waals surface area contributed by atoms with Crippen molar-refractivity contribution in [3.8, 4) is 0 Å². The van der Waals surface area contributed by atoms with Crippen molar-refractivity contribution < 1.29 is 14.7 Å². The van der Waals surface area contributed by atoms with Gasteiger partial charge in [-0.25, -0.2) is 4.79 Å². The van der Waals surface area contributed by atoms with Gasteiger partial charge in [0.25, 0.3) is 0 Å². The second kappa shape index (κ2) is 6.16. The van der Waals surface area contributed by atoms with Gasteiger partial charge in [-0.1, -0.05) is 6.92 Å². The molecule has 0 aliphatic heterocycles. The molecule has 0 fully saturated rings. The molecule has 1 rings (SSSR count). The van der Waals surface area contributed by atoms with Crippen molar-refractivity contribution in [2.45, 2.75) is 20.3 Å². The van der Waals surface area contributed by atoms with Crippen molar-refractivity contribution in [3.05, 3.63) is 29.3 Å². The summed E-state index contributed by atoms with van der Waals surface area (Å²) in [5, 5.41) is 11.6. The third kappa shape index (κ3) is 3.30. The van der Waals surface area contributed by atoms with E-state index in [9.17, 15) is 9.59 Å². The van der Waals surface area contributed by atoms with Crippen LogP contribution in [0.2, 0.25) is 0 Å². The van der Waals surface area contributed by atoms with Gasteiger partial charge in [0.1, 0.15) is 0 Å². The van der Waals surface area contributed by atoms with Crippen molar-refractivity contribution in [1.82, 2.24) is 0 Å².